The highest BCUT2D eigenvalue weighted by Crippen LogP contribution is 2.14. The van der Waals surface area contributed by atoms with Crippen molar-refractivity contribution in [2.75, 3.05) is 4.90 Å². The average Bonchev–Trinajstić information content (AvgIpc) is 2.21. The van der Waals surface area contributed by atoms with Gasteiger partial charge in [-0.3, -0.25) is 0 Å². The third kappa shape index (κ3) is 1.32. The molecule has 1 aromatic carbocycles. The molecule has 1 aliphatic heterocycles. The van der Waals surface area contributed by atoms with Crippen LogP contribution in [0.15, 0.2) is 55.1 Å². The summed E-state index contributed by atoms with van der Waals surface area (Å²) in [5.41, 5.74) is 1.17. The van der Waals surface area contributed by atoms with Gasteiger partial charge in [-0.25, -0.2) is 0 Å². The number of para-hydroxylation sites is 1. The number of hydrogen-bond acceptors (Lipinski definition) is 2. The topological polar surface area (TPSA) is 15.3 Å². The van der Waals surface area contributed by atoms with Gasteiger partial charge in [-0.15, -0.1) is 0 Å². The zero-order valence-electron chi connectivity index (χ0n) is 6.64. The van der Waals surface area contributed by atoms with Crippen molar-refractivity contribution in [3.05, 3.63) is 55.1 Å². The SMILES string of the molecule is C1=CN(c2ccccc2)C=CN1. The Morgan fingerprint density at radius 2 is 1.58 bits per heavy atom. The minimum Gasteiger partial charge on any atom is -0.365 e. The maximum Gasteiger partial charge on any atom is 0.0450 e. The third-order valence-corrected chi connectivity index (χ3v) is 1.72. The lowest BCUT2D eigenvalue weighted by atomic mass is 10.3. The van der Waals surface area contributed by atoms with Crippen LogP contribution in [0.3, 0.4) is 0 Å². The predicted molar refractivity (Wildman–Crippen MR) is 50.3 cm³/mol. The van der Waals surface area contributed by atoms with Crippen LogP contribution in [0.1, 0.15) is 0 Å². The van der Waals surface area contributed by atoms with Crippen LogP contribution in [0.25, 0.3) is 0 Å². The van der Waals surface area contributed by atoms with E-state index in [0.29, 0.717) is 0 Å². The van der Waals surface area contributed by atoms with E-state index in [9.17, 15) is 0 Å². The molecule has 2 rings (SSSR count). The van der Waals surface area contributed by atoms with Crippen molar-refractivity contribution >= 4 is 5.69 Å². The first-order valence-corrected chi connectivity index (χ1v) is 3.89. The molecule has 0 aromatic heterocycles. The predicted octanol–water partition coefficient (Wildman–Crippen LogP) is 2.04. The van der Waals surface area contributed by atoms with Crippen LogP contribution in [-0.4, -0.2) is 0 Å². The van der Waals surface area contributed by atoms with E-state index in [4.69, 9.17) is 0 Å². The van der Waals surface area contributed by atoms with E-state index in [1.807, 2.05) is 43.0 Å². The van der Waals surface area contributed by atoms with Crippen LogP contribution in [0.2, 0.25) is 0 Å². The molecule has 0 radical (unpaired) electrons. The molecular weight excluding hydrogens is 148 g/mol. The van der Waals surface area contributed by atoms with Crippen molar-refractivity contribution in [1.29, 1.82) is 0 Å². The summed E-state index contributed by atoms with van der Waals surface area (Å²) in [6.45, 7) is 0. The van der Waals surface area contributed by atoms with Crippen molar-refractivity contribution in [2.45, 2.75) is 0 Å². The van der Waals surface area contributed by atoms with E-state index < -0.39 is 0 Å². The molecule has 1 aromatic rings. The van der Waals surface area contributed by atoms with Crippen LogP contribution in [0, 0.1) is 0 Å². The Kier molecular flexibility index (Phi) is 1.82. The Bertz CT molecular complexity index is 289. The highest BCUT2D eigenvalue weighted by Gasteiger charge is 1.98. The van der Waals surface area contributed by atoms with Crippen LogP contribution >= 0.6 is 0 Å². The van der Waals surface area contributed by atoms with Gasteiger partial charge in [0, 0.05) is 30.5 Å². The number of anilines is 1. The largest absolute Gasteiger partial charge is 0.365 e. The van der Waals surface area contributed by atoms with Crippen LogP contribution in [0.4, 0.5) is 5.69 Å². The second kappa shape index (κ2) is 3.13. The van der Waals surface area contributed by atoms with Crippen molar-refractivity contribution in [1.82, 2.24) is 5.32 Å². The van der Waals surface area contributed by atoms with Gasteiger partial charge in [0.2, 0.25) is 0 Å². The number of hydrogen-bond donors (Lipinski definition) is 1. The summed E-state index contributed by atoms with van der Waals surface area (Å²) in [4.78, 5) is 2.05. The number of rotatable bonds is 1. The summed E-state index contributed by atoms with van der Waals surface area (Å²) >= 11 is 0. The van der Waals surface area contributed by atoms with Crippen molar-refractivity contribution < 1.29 is 0 Å². The molecule has 0 amide bonds. The summed E-state index contributed by atoms with van der Waals surface area (Å²) in [6, 6.07) is 10.2. The fourth-order valence-electron chi connectivity index (χ4n) is 1.12. The summed E-state index contributed by atoms with van der Waals surface area (Å²) in [5.74, 6) is 0. The maximum atomic E-state index is 2.98. The summed E-state index contributed by atoms with van der Waals surface area (Å²) < 4.78 is 0. The molecule has 2 heteroatoms. The molecule has 0 saturated heterocycles. The van der Waals surface area contributed by atoms with Gasteiger partial charge in [0.25, 0.3) is 0 Å². The molecule has 1 N–H and O–H groups in total. The van der Waals surface area contributed by atoms with Crippen LogP contribution < -0.4 is 10.2 Å². The molecule has 2 nitrogen and oxygen atoms in total. The normalized spacial score (nSPS) is 14.5. The molecule has 0 aliphatic carbocycles. The van der Waals surface area contributed by atoms with Crippen LogP contribution in [0.5, 0.6) is 0 Å². The molecule has 0 fully saturated rings. The second-order valence-corrected chi connectivity index (χ2v) is 2.54. The Balaban J connectivity index is 2.25. The third-order valence-electron chi connectivity index (χ3n) is 1.72. The van der Waals surface area contributed by atoms with Gasteiger partial charge >= 0.3 is 0 Å². The lowest BCUT2D eigenvalue weighted by Gasteiger charge is -2.17. The number of nitrogens with one attached hydrogen (secondary N) is 1. The molecule has 0 atom stereocenters. The number of nitrogens with zero attached hydrogens (tertiary/aromatic N) is 1. The van der Waals surface area contributed by atoms with Crippen molar-refractivity contribution in [3.8, 4) is 0 Å². The fraction of sp³-hybridized carbons (Fsp3) is 0. The number of benzene rings is 1. The molecule has 60 valence electrons. The quantitative estimate of drug-likeness (QED) is 0.672. The van der Waals surface area contributed by atoms with Gasteiger partial charge in [0.05, 0.1) is 0 Å². The standard InChI is InChI=1S/C10H10N2/c1-2-4-10(5-3-1)12-8-6-11-7-9-12/h1-9,11H. The molecule has 0 bridgehead atoms. The summed E-state index contributed by atoms with van der Waals surface area (Å²) in [5, 5.41) is 2.98. The Morgan fingerprint density at radius 1 is 0.917 bits per heavy atom. The van der Waals surface area contributed by atoms with E-state index in [0.717, 1.165) is 0 Å². The lowest BCUT2D eigenvalue weighted by molar-refractivity contribution is 1.09. The van der Waals surface area contributed by atoms with Crippen LogP contribution in [-0.2, 0) is 0 Å². The van der Waals surface area contributed by atoms with Gasteiger partial charge in [-0.1, -0.05) is 18.2 Å². The van der Waals surface area contributed by atoms with Crippen molar-refractivity contribution in [2.24, 2.45) is 0 Å². The fourth-order valence-corrected chi connectivity index (χ4v) is 1.12. The molecule has 1 heterocycles. The van der Waals surface area contributed by atoms with Gasteiger partial charge in [0.15, 0.2) is 0 Å². The van der Waals surface area contributed by atoms with Gasteiger partial charge in [-0.2, -0.15) is 0 Å². The van der Waals surface area contributed by atoms with Gasteiger partial charge < -0.3 is 10.2 Å². The lowest BCUT2D eigenvalue weighted by Crippen LogP contribution is -2.13. The Labute approximate surface area is 71.8 Å². The molecular formula is C10H10N2. The van der Waals surface area contributed by atoms with E-state index in [2.05, 4.69) is 22.3 Å². The highest BCUT2D eigenvalue weighted by atomic mass is 15.1. The first-order valence-electron chi connectivity index (χ1n) is 3.89. The molecule has 0 spiro atoms. The Hall–Kier alpha value is -1.70. The van der Waals surface area contributed by atoms with E-state index >= 15 is 0 Å². The zero-order chi connectivity index (χ0) is 8.23. The summed E-state index contributed by atoms with van der Waals surface area (Å²) in [6.07, 6.45) is 7.75. The van der Waals surface area contributed by atoms with Gasteiger partial charge in [0.1, 0.15) is 0 Å². The summed E-state index contributed by atoms with van der Waals surface area (Å²) in [7, 11) is 0. The zero-order valence-corrected chi connectivity index (χ0v) is 6.64. The first kappa shape index (κ1) is 6.98. The van der Waals surface area contributed by atoms with E-state index in [1.54, 1.807) is 0 Å². The average molecular weight is 158 g/mol. The van der Waals surface area contributed by atoms with E-state index in [1.165, 1.54) is 5.69 Å². The highest BCUT2D eigenvalue weighted by molar-refractivity contribution is 5.52. The first-order chi connectivity index (χ1) is 5.97. The Morgan fingerprint density at radius 3 is 2.25 bits per heavy atom. The van der Waals surface area contributed by atoms with Gasteiger partial charge in [-0.05, 0) is 12.1 Å². The minimum atomic E-state index is 1.17. The minimum absolute atomic E-state index is 1.17. The molecule has 0 unspecified atom stereocenters. The molecule has 0 saturated carbocycles. The molecule has 1 aliphatic rings. The van der Waals surface area contributed by atoms with E-state index in [-0.39, 0.29) is 0 Å². The molecule has 12 heavy (non-hydrogen) atoms. The van der Waals surface area contributed by atoms with Crippen molar-refractivity contribution in [3.63, 3.8) is 0 Å². The smallest absolute Gasteiger partial charge is 0.0450 e. The maximum absolute atomic E-state index is 2.98. The second-order valence-electron chi connectivity index (χ2n) is 2.54. The monoisotopic (exact) mass is 158 g/mol.